The van der Waals surface area contributed by atoms with Crippen molar-refractivity contribution in [2.24, 2.45) is 12.0 Å². The second-order valence-electron chi connectivity index (χ2n) is 6.91. The van der Waals surface area contributed by atoms with Crippen LogP contribution in [-0.2, 0) is 27.5 Å². The Kier molecular flexibility index (Phi) is 7.26. The summed E-state index contributed by atoms with van der Waals surface area (Å²) in [6.07, 6.45) is -5.00. The summed E-state index contributed by atoms with van der Waals surface area (Å²) in [5, 5.41) is -0.391. The zero-order chi connectivity index (χ0) is 26.2. The highest BCUT2D eigenvalue weighted by molar-refractivity contribution is 8.18. The van der Waals surface area contributed by atoms with E-state index in [0.717, 1.165) is 29.8 Å². The molecule has 0 unspecified atom stereocenters. The van der Waals surface area contributed by atoms with Gasteiger partial charge >= 0.3 is 17.8 Å². The van der Waals surface area contributed by atoms with Crippen molar-refractivity contribution < 1.29 is 31.9 Å². The Balaban J connectivity index is 2.16. The molecule has 0 bridgehead atoms. The third kappa shape index (κ3) is 5.17. The van der Waals surface area contributed by atoms with Gasteiger partial charge in [0.1, 0.15) is 18.1 Å². The molecule has 1 amide bonds. The van der Waals surface area contributed by atoms with Crippen molar-refractivity contribution in [2.75, 3.05) is 13.2 Å². The molecule has 1 aliphatic rings. The molecule has 35 heavy (non-hydrogen) atoms. The first-order valence-corrected chi connectivity index (χ1v) is 10.8. The highest BCUT2D eigenvalue weighted by Crippen LogP contribution is 2.35. The van der Waals surface area contributed by atoms with Crippen molar-refractivity contribution in [2.45, 2.75) is 13.1 Å². The number of carbonyl (C=O) groups is 2. The van der Waals surface area contributed by atoms with Crippen molar-refractivity contribution in [3.05, 3.63) is 67.1 Å². The van der Waals surface area contributed by atoms with E-state index in [-0.39, 0.29) is 42.6 Å². The lowest BCUT2D eigenvalue weighted by Crippen LogP contribution is -2.41. The number of alkyl halides is 3. The van der Waals surface area contributed by atoms with Gasteiger partial charge in [0, 0.05) is 13.1 Å². The molecule has 0 N–H and O–H groups in total. The number of hydrogen-bond donors (Lipinski definition) is 0. The van der Waals surface area contributed by atoms with Gasteiger partial charge in [-0.2, -0.15) is 13.2 Å². The van der Waals surface area contributed by atoms with Gasteiger partial charge < -0.3 is 4.74 Å². The second kappa shape index (κ2) is 9.70. The summed E-state index contributed by atoms with van der Waals surface area (Å²) >= 11 is 6.82. The lowest BCUT2D eigenvalue weighted by molar-refractivity contribution is -0.145. The topological polar surface area (TPSA) is 103 Å². The van der Waals surface area contributed by atoms with Gasteiger partial charge in [0.05, 0.1) is 27.9 Å². The summed E-state index contributed by atoms with van der Waals surface area (Å²) in [6.45, 7) is 4.68. The number of hydrogen-bond acceptors (Lipinski definition) is 7. The van der Waals surface area contributed by atoms with Crippen LogP contribution >= 0.6 is 23.4 Å². The first-order chi connectivity index (χ1) is 16.3. The number of esters is 1. The molecule has 1 fully saturated rings. The molecule has 2 heterocycles. The van der Waals surface area contributed by atoms with E-state index in [1.54, 1.807) is 6.92 Å². The first-order valence-electron chi connectivity index (χ1n) is 9.58. The minimum absolute atomic E-state index is 0.0133. The van der Waals surface area contributed by atoms with Gasteiger partial charge in [-0.3, -0.25) is 23.9 Å². The molecule has 0 saturated carbocycles. The summed E-state index contributed by atoms with van der Waals surface area (Å²) in [5.41, 5.74) is -5.39. The predicted octanol–water partition coefficient (Wildman–Crippen LogP) is 2.99. The van der Waals surface area contributed by atoms with E-state index in [0.29, 0.717) is 6.07 Å². The van der Waals surface area contributed by atoms with Gasteiger partial charge in [-0.15, -0.1) is 0 Å². The van der Waals surface area contributed by atoms with Crippen LogP contribution in [-0.4, -0.2) is 44.2 Å². The Morgan fingerprint density at radius 1 is 1.23 bits per heavy atom. The van der Waals surface area contributed by atoms with Gasteiger partial charge in [-0.05, 0) is 30.8 Å². The fourth-order valence-corrected chi connectivity index (χ4v) is 4.02. The van der Waals surface area contributed by atoms with Gasteiger partial charge in [-0.25, -0.2) is 18.7 Å². The molecule has 0 atom stereocenters. The molecule has 1 aromatic carbocycles. The van der Waals surface area contributed by atoms with Gasteiger partial charge in [-0.1, -0.05) is 18.2 Å². The van der Waals surface area contributed by atoms with E-state index in [1.807, 2.05) is 0 Å². The van der Waals surface area contributed by atoms with Gasteiger partial charge in [0.15, 0.2) is 5.17 Å². The van der Waals surface area contributed by atoms with Crippen molar-refractivity contribution in [1.29, 1.82) is 0 Å². The van der Waals surface area contributed by atoms with Crippen LogP contribution in [0.1, 0.15) is 12.6 Å². The molecule has 0 radical (unpaired) electrons. The zero-order valence-electron chi connectivity index (χ0n) is 18.0. The minimum atomic E-state index is -5.00. The van der Waals surface area contributed by atoms with Crippen LogP contribution in [0.15, 0.2) is 44.3 Å². The van der Waals surface area contributed by atoms with Crippen molar-refractivity contribution in [3.8, 4) is 5.69 Å². The lowest BCUT2D eigenvalue weighted by atomic mass is 10.2. The molecule has 0 aliphatic carbocycles. The highest BCUT2D eigenvalue weighted by atomic mass is 35.5. The number of amides is 1. The average molecular weight is 535 g/mol. The molecule has 15 heteroatoms. The minimum Gasteiger partial charge on any atom is -0.465 e. The molecule has 0 spiro atoms. The van der Waals surface area contributed by atoms with Crippen LogP contribution in [0.2, 0.25) is 5.02 Å². The number of thioether (sulfide) groups is 1. The van der Waals surface area contributed by atoms with E-state index in [1.165, 1.54) is 0 Å². The molecule has 2 aromatic rings. The summed E-state index contributed by atoms with van der Waals surface area (Å²) in [4.78, 5) is 54.2. The molecule has 186 valence electrons. The maximum absolute atomic E-state index is 14.7. The number of carbonyl (C=O) groups excluding carboxylic acids is 2. The summed E-state index contributed by atoms with van der Waals surface area (Å²) in [7, 11) is 0.774. The third-order valence-corrected chi connectivity index (χ3v) is 5.82. The fraction of sp³-hybridized carbons (Fsp3) is 0.250. The number of rotatable bonds is 5. The van der Waals surface area contributed by atoms with E-state index < -0.39 is 53.0 Å². The molecule has 1 saturated heterocycles. The maximum atomic E-state index is 14.7. The smallest absolute Gasteiger partial charge is 0.431 e. The van der Waals surface area contributed by atoms with Crippen LogP contribution in [0, 0.1) is 5.82 Å². The molecule has 1 aromatic heterocycles. The van der Waals surface area contributed by atoms with Crippen LogP contribution in [0.5, 0.6) is 0 Å². The van der Waals surface area contributed by atoms with E-state index in [4.69, 9.17) is 16.3 Å². The van der Waals surface area contributed by atoms with Crippen molar-refractivity contribution >= 4 is 46.1 Å². The van der Waals surface area contributed by atoms with E-state index >= 15 is 0 Å². The zero-order valence-corrected chi connectivity index (χ0v) is 19.6. The average Bonchev–Trinajstić information content (AvgIpc) is 3.00. The standard InChI is InChI=1S/C20H15ClF4N4O5S/c1-4-34-16(31)8-28-17(32)9(2)35-18(28)26-12-6-13(11(22)5-10(12)21)29-15(30)7-14(20(23,24)25)27(3)19(29)33/h5-7H,2,4,8H2,1,3H3. The molecule has 1 aliphatic heterocycles. The SMILES string of the molecule is C=C1SC(=Nc2cc(-n3c(=O)cc(C(F)(F)F)n(C)c3=O)c(F)cc2Cl)N(CC(=O)OCC)C1=O. The Bertz CT molecular complexity index is 1400. The normalized spacial score (nSPS) is 15.3. The number of nitrogens with zero attached hydrogens (tertiary/aromatic N) is 4. The van der Waals surface area contributed by atoms with Crippen LogP contribution in [0.4, 0.5) is 23.2 Å². The number of halogens is 5. The quantitative estimate of drug-likeness (QED) is 0.332. The number of aliphatic imine (C=N–C) groups is 1. The Hall–Kier alpha value is -3.39. The Morgan fingerprint density at radius 3 is 2.49 bits per heavy atom. The summed E-state index contributed by atoms with van der Waals surface area (Å²) in [5.74, 6) is -2.58. The predicted molar refractivity (Wildman–Crippen MR) is 119 cm³/mol. The Morgan fingerprint density at radius 2 is 1.89 bits per heavy atom. The summed E-state index contributed by atoms with van der Waals surface area (Å²) < 4.78 is 59.2. The van der Waals surface area contributed by atoms with Crippen LogP contribution in [0.25, 0.3) is 5.69 Å². The third-order valence-electron chi connectivity index (χ3n) is 4.61. The van der Waals surface area contributed by atoms with E-state index in [2.05, 4.69) is 11.6 Å². The molecular formula is C20H15ClF4N4O5S. The first kappa shape index (κ1) is 26.2. The van der Waals surface area contributed by atoms with Crippen LogP contribution < -0.4 is 11.2 Å². The van der Waals surface area contributed by atoms with Gasteiger partial charge in [0.25, 0.3) is 11.5 Å². The number of aromatic nitrogens is 2. The van der Waals surface area contributed by atoms with Gasteiger partial charge in [0.2, 0.25) is 0 Å². The molecule has 3 rings (SSSR count). The second-order valence-corrected chi connectivity index (χ2v) is 8.38. The fourth-order valence-electron chi connectivity index (χ4n) is 3.01. The number of amidine groups is 1. The molecule has 9 nitrogen and oxygen atoms in total. The van der Waals surface area contributed by atoms with Crippen molar-refractivity contribution in [1.82, 2.24) is 14.0 Å². The number of benzene rings is 1. The lowest BCUT2D eigenvalue weighted by Gasteiger charge is -2.16. The number of ether oxygens (including phenoxy) is 1. The Labute approximate surface area is 203 Å². The maximum Gasteiger partial charge on any atom is 0.431 e. The monoisotopic (exact) mass is 534 g/mol. The highest BCUT2D eigenvalue weighted by Gasteiger charge is 2.36. The summed E-state index contributed by atoms with van der Waals surface area (Å²) in [6, 6.07) is 1.71. The van der Waals surface area contributed by atoms with Crippen molar-refractivity contribution in [3.63, 3.8) is 0 Å². The van der Waals surface area contributed by atoms with Crippen LogP contribution in [0.3, 0.4) is 0 Å². The largest absolute Gasteiger partial charge is 0.465 e. The van der Waals surface area contributed by atoms with E-state index in [9.17, 15) is 36.7 Å². The molecular weight excluding hydrogens is 520 g/mol.